The molecule has 0 saturated heterocycles. The number of amides is 2. The Morgan fingerprint density at radius 1 is 1.12 bits per heavy atom. The Kier molecular flexibility index (Phi) is 6.06. The summed E-state index contributed by atoms with van der Waals surface area (Å²) in [7, 11) is 1.50. The van der Waals surface area contributed by atoms with Gasteiger partial charge in [-0.3, -0.25) is 14.5 Å². The van der Waals surface area contributed by atoms with Crippen LogP contribution in [0.15, 0.2) is 42.5 Å². The van der Waals surface area contributed by atoms with Crippen LogP contribution in [0.3, 0.4) is 0 Å². The van der Waals surface area contributed by atoms with Gasteiger partial charge in [-0.1, -0.05) is 41.4 Å². The normalized spacial score (nSPS) is 10.2. The molecule has 2 aromatic rings. The lowest BCUT2D eigenvalue weighted by Crippen LogP contribution is -2.37. The van der Waals surface area contributed by atoms with Crippen molar-refractivity contribution in [2.75, 3.05) is 23.9 Å². The number of anilines is 2. The van der Waals surface area contributed by atoms with Crippen LogP contribution < -0.4 is 15.0 Å². The highest BCUT2D eigenvalue weighted by Gasteiger charge is 2.19. The van der Waals surface area contributed by atoms with Crippen LogP contribution in [-0.4, -0.2) is 25.5 Å². The van der Waals surface area contributed by atoms with E-state index < -0.39 is 5.91 Å². The molecule has 0 aromatic heterocycles. The maximum Gasteiger partial charge on any atom is 0.244 e. The zero-order valence-electron chi connectivity index (χ0n) is 13.2. The van der Waals surface area contributed by atoms with Gasteiger partial charge in [-0.2, -0.15) is 0 Å². The number of ether oxygens (including phenoxy) is 1. The van der Waals surface area contributed by atoms with Crippen molar-refractivity contribution in [2.24, 2.45) is 0 Å². The number of nitrogens with zero attached hydrogens (tertiary/aromatic N) is 1. The summed E-state index contributed by atoms with van der Waals surface area (Å²) in [5.41, 5.74) is 0.900. The van der Waals surface area contributed by atoms with Crippen molar-refractivity contribution in [2.45, 2.75) is 6.92 Å². The van der Waals surface area contributed by atoms with Gasteiger partial charge < -0.3 is 10.1 Å². The quantitative estimate of drug-likeness (QED) is 0.869. The minimum atomic E-state index is -0.403. The van der Waals surface area contributed by atoms with Gasteiger partial charge in [0.05, 0.1) is 28.5 Å². The lowest BCUT2D eigenvalue weighted by atomic mass is 10.2. The number of hydrogen-bond donors (Lipinski definition) is 1. The molecule has 0 aliphatic carbocycles. The number of halogens is 2. The topological polar surface area (TPSA) is 58.6 Å². The SMILES string of the molecule is COc1ccccc1N(CC(=O)Nc1cccc(Cl)c1Cl)C(C)=O. The summed E-state index contributed by atoms with van der Waals surface area (Å²) in [6.45, 7) is 1.20. The third-order valence-corrected chi connectivity index (χ3v) is 4.10. The highest BCUT2D eigenvalue weighted by molar-refractivity contribution is 6.44. The van der Waals surface area contributed by atoms with Crippen LogP contribution in [0.5, 0.6) is 5.75 Å². The number of para-hydroxylation sites is 2. The first-order valence-electron chi connectivity index (χ1n) is 7.09. The summed E-state index contributed by atoms with van der Waals surface area (Å²) >= 11 is 12.0. The number of hydrogen-bond acceptors (Lipinski definition) is 3. The van der Waals surface area contributed by atoms with Gasteiger partial charge in [0, 0.05) is 6.92 Å². The predicted octanol–water partition coefficient (Wildman–Crippen LogP) is 3.99. The van der Waals surface area contributed by atoms with Gasteiger partial charge in [0.1, 0.15) is 12.3 Å². The summed E-state index contributed by atoms with van der Waals surface area (Å²) in [4.78, 5) is 25.6. The maximum absolute atomic E-state index is 12.3. The second-order valence-electron chi connectivity index (χ2n) is 4.93. The molecule has 126 valence electrons. The standard InChI is InChI=1S/C17H16Cl2N2O3/c1-11(22)21(14-8-3-4-9-15(14)24-2)10-16(23)20-13-7-5-6-12(18)17(13)19/h3-9H,10H2,1-2H3,(H,20,23). The van der Waals surface area contributed by atoms with E-state index >= 15 is 0 Å². The van der Waals surface area contributed by atoms with Crippen LogP contribution in [0.2, 0.25) is 10.0 Å². The summed E-state index contributed by atoms with van der Waals surface area (Å²) in [5.74, 6) is -0.187. The van der Waals surface area contributed by atoms with Gasteiger partial charge in [0.15, 0.2) is 0 Å². The van der Waals surface area contributed by atoms with Crippen LogP contribution in [0.4, 0.5) is 11.4 Å². The molecule has 2 aromatic carbocycles. The van der Waals surface area contributed by atoms with Crippen molar-refractivity contribution < 1.29 is 14.3 Å². The molecular formula is C17H16Cl2N2O3. The maximum atomic E-state index is 12.3. The molecule has 2 rings (SSSR count). The third-order valence-electron chi connectivity index (χ3n) is 3.28. The van der Waals surface area contributed by atoms with Gasteiger partial charge in [-0.05, 0) is 24.3 Å². The third kappa shape index (κ3) is 4.19. The van der Waals surface area contributed by atoms with Crippen LogP contribution in [-0.2, 0) is 9.59 Å². The Bertz CT molecular complexity index is 765. The molecule has 0 spiro atoms. The van der Waals surface area contributed by atoms with Crippen LogP contribution >= 0.6 is 23.2 Å². The molecule has 0 atom stereocenters. The van der Waals surface area contributed by atoms with Crippen LogP contribution in [0, 0.1) is 0 Å². The molecule has 0 saturated carbocycles. The van der Waals surface area contributed by atoms with E-state index in [0.717, 1.165) is 0 Å². The number of carbonyl (C=O) groups excluding carboxylic acids is 2. The Morgan fingerprint density at radius 3 is 2.50 bits per heavy atom. The fraction of sp³-hybridized carbons (Fsp3) is 0.176. The molecule has 5 nitrogen and oxygen atoms in total. The monoisotopic (exact) mass is 366 g/mol. The lowest BCUT2D eigenvalue weighted by Gasteiger charge is -2.22. The predicted molar refractivity (Wildman–Crippen MR) is 96.1 cm³/mol. The molecule has 0 bridgehead atoms. The summed E-state index contributed by atoms with van der Waals surface area (Å²) < 4.78 is 5.25. The van der Waals surface area contributed by atoms with Crippen molar-refractivity contribution >= 4 is 46.4 Å². The molecule has 0 radical (unpaired) electrons. The molecule has 1 N–H and O–H groups in total. The molecular weight excluding hydrogens is 351 g/mol. The van der Waals surface area contributed by atoms with E-state index in [1.165, 1.54) is 18.9 Å². The zero-order chi connectivity index (χ0) is 17.7. The first-order valence-corrected chi connectivity index (χ1v) is 7.84. The second-order valence-corrected chi connectivity index (χ2v) is 5.71. The molecule has 2 amide bonds. The smallest absolute Gasteiger partial charge is 0.244 e. The fourth-order valence-corrected chi connectivity index (χ4v) is 2.50. The van der Waals surface area contributed by atoms with Crippen molar-refractivity contribution in [1.29, 1.82) is 0 Å². The van der Waals surface area contributed by atoms with Crippen molar-refractivity contribution in [1.82, 2.24) is 0 Å². The Labute approximate surface area is 150 Å². The molecule has 0 aliphatic heterocycles. The van der Waals surface area contributed by atoms with Crippen LogP contribution in [0.1, 0.15) is 6.92 Å². The summed E-state index contributed by atoms with van der Waals surface area (Å²) in [6.07, 6.45) is 0. The van der Waals surface area contributed by atoms with E-state index in [1.807, 2.05) is 0 Å². The average molecular weight is 367 g/mol. The van der Waals surface area contributed by atoms with Gasteiger partial charge >= 0.3 is 0 Å². The molecule has 0 unspecified atom stereocenters. The Hall–Kier alpha value is -2.24. The van der Waals surface area contributed by atoms with E-state index in [0.29, 0.717) is 22.1 Å². The Morgan fingerprint density at radius 2 is 1.83 bits per heavy atom. The lowest BCUT2D eigenvalue weighted by molar-refractivity contribution is -0.120. The first kappa shape index (κ1) is 18.1. The number of benzene rings is 2. The number of carbonyl (C=O) groups is 2. The summed E-state index contributed by atoms with van der Waals surface area (Å²) in [5, 5.41) is 3.24. The van der Waals surface area contributed by atoms with Gasteiger partial charge in [-0.15, -0.1) is 0 Å². The van der Waals surface area contributed by atoms with E-state index in [4.69, 9.17) is 27.9 Å². The van der Waals surface area contributed by atoms with Crippen molar-refractivity contribution in [3.05, 3.63) is 52.5 Å². The zero-order valence-corrected chi connectivity index (χ0v) is 14.7. The average Bonchev–Trinajstić information content (AvgIpc) is 2.56. The molecule has 7 heteroatoms. The summed E-state index contributed by atoms with van der Waals surface area (Å²) in [6, 6.07) is 11.9. The molecule has 0 aliphatic rings. The van der Waals surface area contributed by atoms with Crippen LogP contribution in [0.25, 0.3) is 0 Å². The fourth-order valence-electron chi connectivity index (χ4n) is 2.15. The van der Waals surface area contributed by atoms with E-state index in [-0.39, 0.29) is 17.5 Å². The van der Waals surface area contributed by atoms with Crippen molar-refractivity contribution in [3.63, 3.8) is 0 Å². The van der Waals surface area contributed by atoms with E-state index in [1.54, 1.807) is 42.5 Å². The number of methoxy groups -OCH3 is 1. The minimum Gasteiger partial charge on any atom is -0.495 e. The Balaban J connectivity index is 2.20. The highest BCUT2D eigenvalue weighted by Crippen LogP contribution is 2.30. The highest BCUT2D eigenvalue weighted by atomic mass is 35.5. The largest absolute Gasteiger partial charge is 0.495 e. The van der Waals surface area contributed by atoms with E-state index in [2.05, 4.69) is 5.32 Å². The molecule has 24 heavy (non-hydrogen) atoms. The number of rotatable bonds is 5. The first-order chi connectivity index (χ1) is 11.4. The van der Waals surface area contributed by atoms with Gasteiger partial charge in [0.2, 0.25) is 11.8 Å². The molecule has 0 heterocycles. The van der Waals surface area contributed by atoms with Gasteiger partial charge in [-0.25, -0.2) is 0 Å². The van der Waals surface area contributed by atoms with Crippen molar-refractivity contribution in [3.8, 4) is 5.75 Å². The second kappa shape index (κ2) is 8.04. The van der Waals surface area contributed by atoms with E-state index in [9.17, 15) is 9.59 Å². The number of nitrogens with one attached hydrogen (secondary N) is 1. The minimum absolute atomic E-state index is 0.182. The molecule has 0 fully saturated rings. The van der Waals surface area contributed by atoms with Gasteiger partial charge in [0.25, 0.3) is 0 Å².